The van der Waals surface area contributed by atoms with E-state index in [1.54, 1.807) is 14.2 Å². The van der Waals surface area contributed by atoms with Crippen LogP contribution in [0.25, 0.3) is 0 Å². The zero-order chi connectivity index (χ0) is 15.2. The molecule has 2 rings (SSSR count). The summed E-state index contributed by atoms with van der Waals surface area (Å²) in [7, 11) is 3.28. The molecule has 2 aromatic carbocycles. The van der Waals surface area contributed by atoms with Gasteiger partial charge in [0.15, 0.2) is 11.5 Å². The Labute approximate surface area is 125 Å². The zero-order valence-electron chi connectivity index (χ0n) is 12.8. The van der Waals surface area contributed by atoms with E-state index in [0.717, 1.165) is 41.4 Å². The minimum Gasteiger partial charge on any atom is -0.493 e. The molecule has 0 aliphatic rings. The Bertz CT molecular complexity index is 612. The fourth-order valence-electron chi connectivity index (χ4n) is 2.21. The summed E-state index contributed by atoms with van der Waals surface area (Å²) in [4.78, 5) is 0. The third-order valence-electron chi connectivity index (χ3n) is 3.50. The molecule has 0 fully saturated rings. The number of aryl methyl sites for hydroxylation is 1. The summed E-state index contributed by atoms with van der Waals surface area (Å²) < 4.78 is 10.5. The number of para-hydroxylation sites is 1. The van der Waals surface area contributed by atoms with Gasteiger partial charge in [0.1, 0.15) is 0 Å². The van der Waals surface area contributed by atoms with Gasteiger partial charge in [-0.3, -0.25) is 0 Å². The van der Waals surface area contributed by atoms with Gasteiger partial charge in [-0.1, -0.05) is 18.2 Å². The van der Waals surface area contributed by atoms with Gasteiger partial charge in [0.05, 0.1) is 25.6 Å². The Morgan fingerprint density at radius 2 is 1.81 bits per heavy atom. The third kappa shape index (κ3) is 3.60. The van der Waals surface area contributed by atoms with Gasteiger partial charge >= 0.3 is 0 Å². The predicted octanol–water partition coefficient (Wildman–Crippen LogP) is 3.25. The van der Waals surface area contributed by atoms with Crippen LogP contribution in [0.4, 0.5) is 11.4 Å². The topological polar surface area (TPSA) is 56.5 Å². The van der Waals surface area contributed by atoms with Gasteiger partial charge in [0.2, 0.25) is 0 Å². The van der Waals surface area contributed by atoms with Crippen LogP contribution in [0.5, 0.6) is 11.5 Å². The van der Waals surface area contributed by atoms with Crippen molar-refractivity contribution in [2.75, 3.05) is 31.8 Å². The quantitative estimate of drug-likeness (QED) is 0.800. The first kappa shape index (κ1) is 15.0. The number of nitrogens with one attached hydrogen (secondary N) is 1. The maximum absolute atomic E-state index is 6.05. The first-order valence-corrected chi connectivity index (χ1v) is 6.95. The molecule has 4 heteroatoms. The first-order valence-electron chi connectivity index (χ1n) is 6.95. The van der Waals surface area contributed by atoms with Crippen LogP contribution in [0, 0.1) is 6.92 Å². The number of benzene rings is 2. The van der Waals surface area contributed by atoms with E-state index >= 15 is 0 Å². The number of hydrogen-bond donors (Lipinski definition) is 2. The lowest BCUT2D eigenvalue weighted by atomic mass is 10.1. The highest BCUT2D eigenvalue weighted by Gasteiger charge is 2.05. The van der Waals surface area contributed by atoms with Crippen LogP contribution in [0.3, 0.4) is 0 Å². The maximum atomic E-state index is 6.05. The molecule has 2 aromatic rings. The van der Waals surface area contributed by atoms with Crippen molar-refractivity contribution >= 4 is 11.4 Å². The van der Waals surface area contributed by atoms with Gasteiger partial charge in [-0.05, 0) is 42.7 Å². The van der Waals surface area contributed by atoms with Crippen LogP contribution in [0.2, 0.25) is 0 Å². The van der Waals surface area contributed by atoms with Crippen LogP contribution in [-0.2, 0) is 6.42 Å². The minimum absolute atomic E-state index is 0.747. The second kappa shape index (κ2) is 6.88. The molecule has 0 amide bonds. The second-order valence-electron chi connectivity index (χ2n) is 4.90. The van der Waals surface area contributed by atoms with Gasteiger partial charge in [-0.15, -0.1) is 0 Å². The highest BCUT2D eigenvalue weighted by molar-refractivity contribution is 5.69. The Morgan fingerprint density at radius 3 is 2.52 bits per heavy atom. The Hall–Kier alpha value is -2.36. The lowest BCUT2D eigenvalue weighted by Crippen LogP contribution is -2.07. The summed E-state index contributed by atoms with van der Waals surface area (Å²) in [6, 6.07) is 12.0. The molecule has 0 aliphatic carbocycles. The summed E-state index contributed by atoms with van der Waals surface area (Å²) in [6.45, 7) is 2.82. The normalized spacial score (nSPS) is 10.2. The Morgan fingerprint density at radius 1 is 1.05 bits per heavy atom. The zero-order valence-corrected chi connectivity index (χ0v) is 12.8. The predicted molar refractivity (Wildman–Crippen MR) is 87.3 cm³/mol. The molecule has 4 nitrogen and oxygen atoms in total. The van der Waals surface area contributed by atoms with E-state index in [1.165, 1.54) is 5.56 Å². The van der Waals surface area contributed by atoms with Crippen LogP contribution in [0.1, 0.15) is 11.1 Å². The van der Waals surface area contributed by atoms with Crippen molar-refractivity contribution in [3.8, 4) is 11.5 Å². The monoisotopic (exact) mass is 286 g/mol. The summed E-state index contributed by atoms with van der Waals surface area (Å²) in [5, 5.41) is 3.37. The van der Waals surface area contributed by atoms with Crippen LogP contribution in [0.15, 0.2) is 36.4 Å². The summed E-state index contributed by atoms with van der Waals surface area (Å²) in [6.07, 6.45) is 0.883. The van der Waals surface area contributed by atoms with Gasteiger partial charge in [0, 0.05) is 6.54 Å². The van der Waals surface area contributed by atoms with Crippen molar-refractivity contribution in [1.29, 1.82) is 0 Å². The van der Waals surface area contributed by atoms with Crippen molar-refractivity contribution in [2.24, 2.45) is 0 Å². The number of rotatable bonds is 6. The lowest BCUT2D eigenvalue weighted by Gasteiger charge is -2.12. The van der Waals surface area contributed by atoms with Crippen molar-refractivity contribution in [2.45, 2.75) is 13.3 Å². The van der Waals surface area contributed by atoms with Crippen molar-refractivity contribution in [3.63, 3.8) is 0 Å². The molecule has 0 unspecified atom stereocenters. The molecule has 21 heavy (non-hydrogen) atoms. The lowest BCUT2D eigenvalue weighted by molar-refractivity contribution is 0.354. The summed E-state index contributed by atoms with van der Waals surface area (Å²) in [5.41, 5.74) is 10.1. The van der Waals surface area contributed by atoms with E-state index in [9.17, 15) is 0 Å². The number of methoxy groups -OCH3 is 2. The van der Waals surface area contributed by atoms with Gasteiger partial charge in [-0.25, -0.2) is 0 Å². The van der Waals surface area contributed by atoms with Gasteiger partial charge in [-0.2, -0.15) is 0 Å². The average molecular weight is 286 g/mol. The number of hydrogen-bond acceptors (Lipinski definition) is 4. The third-order valence-corrected chi connectivity index (χ3v) is 3.50. The van der Waals surface area contributed by atoms with E-state index in [1.807, 2.05) is 43.3 Å². The molecule has 0 heterocycles. The molecule has 0 saturated carbocycles. The molecular weight excluding hydrogens is 264 g/mol. The number of nitrogen functional groups attached to an aromatic ring is 1. The van der Waals surface area contributed by atoms with E-state index in [0.29, 0.717) is 0 Å². The Kier molecular flexibility index (Phi) is 4.93. The van der Waals surface area contributed by atoms with E-state index in [2.05, 4.69) is 5.32 Å². The van der Waals surface area contributed by atoms with Crippen LogP contribution >= 0.6 is 0 Å². The average Bonchev–Trinajstić information content (AvgIpc) is 2.51. The largest absolute Gasteiger partial charge is 0.493 e. The van der Waals surface area contributed by atoms with E-state index < -0.39 is 0 Å². The molecule has 0 bridgehead atoms. The molecule has 0 atom stereocenters. The number of anilines is 2. The molecule has 0 aliphatic heterocycles. The molecule has 0 aromatic heterocycles. The smallest absolute Gasteiger partial charge is 0.160 e. The highest BCUT2D eigenvalue weighted by atomic mass is 16.5. The van der Waals surface area contributed by atoms with E-state index in [-0.39, 0.29) is 0 Å². The summed E-state index contributed by atoms with van der Waals surface area (Å²) in [5.74, 6) is 1.50. The van der Waals surface area contributed by atoms with Crippen LogP contribution < -0.4 is 20.5 Å². The fourth-order valence-corrected chi connectivity index (χ4v) is 2.21. The van der Waals surface area contributed by atoms with Crippen molar-refractivity contribution in [3.05, 3.63) is 47.5 Å². The number of nitrogens with two attached hydrogens (primary N) is 1. The second-order valence-corrected chi connectivity index (χ2v) is 4.90. The van der Waals surface area contributed by atoms with Crippen LogP contribution in [-0.4, -0.2) is 20.8 Å². The fraction of sp³-hybridized carbons (Fsp3) is 0.294. The first-order chi connectivity index (χ1) is 10.2. The highest BCUT2D eigenvalue weighted by Crippen LogP contribution is 2.28. The maximum Gasteiger partial charge on any atom is 0.160 e. The SMILES string of the molecule is COc1ccc(CCNc2cccc(C)c2N)cc1OC. The molecule has 112 valence electrons. The molecule has 3 N–H and O–H groups in total. The molecular formula is C17H22N2O2. The molecule has 0 spiro atoms. The Balaban J connectivity index is 1.99. The van der Waals surface area contributed by atoms with Gasteiger partial charge < -0.3 is 20.5 Å². The standard InChI is InChI=1S/C17H22N2O2/c1-12-5-4-6-14(17(12)18)19-10-9-13-7-8-15(20-2)16(11-13)21-3/h4-8,11,19H,9-10,18H2,1-3H3. The molecule has 0 radical (unpaired) electrons. The van der Waals surface area contributed by atoms with Gasteiger partial charge in [0.25, 0.3) is 0 Å². The minimum atomic E-state index is 0.747. The molecule has 0 saturated heterocycles. The van der Waals surface area contributed by atoms with Crippen molar-refractivity contribution in [1.82, 2.24) is 0 Å². The van der Waals surface area contributed by atoms with Crippen molar-refractivity contribution < 1.29 is 9.47 Å². The summed E-state index contributed by atoms with van der Waals surface area (Å²) >= 11 is 0. The number of ether oxygens (including phenoxy) is 2. The van der Waals surface area contributed by atoms with E-state index in [4.69, 9.17) is 15.2 Å².